The van der Waals surface area contributed by atoms with Crippen LogP contribution in [-0.4, -0.2) is 45.1 Å². The molecule has 2 atom stereocenters. The molecule has 27 heavy (non-hydrogen) atoms. The molecule has 3 aromatic rings. The topological polar surface area (TPSA) is 81.2 Å². The molecule has 0 spiro atoms. The van der Waals surface area contributed by atoms with Crippen molar-refractivity contribution >= 4 is 22.7 Å². The normalized spacial score (nSPS) is 20.6. The van der Waals surface area contributed by atoms with Crippen LogP contribution < -0.4 is 5.32 Å². The molecule has 0 bridgehead atoms. The lowest BCUT2D eigenvalue weighted by Gasteiger charge is -2.38. The Labute approximate surface area is 158 Å². The number of H-pyrrole nitrogens is 1. The maximum Gasteiger partial charge on any atom is 0.339 e. The Kier molecular flexibility index (Phi) is 4.81. The van der Waals surface area contributed by atoms with Crippen LogP contribution in [-0.2, 0) is 6.54 Å². The maximum absolute atomic E-state index is 11.7. The van der Waals surface area contributed by atoms with Gasteiger partial charge >= 0.3 is 5.97 Å². The second-order valence-corrected chi connectivity index (χ2v) is 7.33. The van der Waals surface area contributed by atoms with Crippen LogP contribution in [0.5, 0.6) is 0 Å². The number of anilines is 1. The Hall–Kier alpha value is -2.86. The first-order valence-corrected chi connectivity index (χ1v) is 9.34. The Morgan fingerprint density at radius 1 is 1.33 bits per heavy atom. The van der Waals surface area contributed by atoms with Crippen molar-refractivity contribution in [3.8, 4) is 0 Å². The molecule has 0 amide bonds. The Balaban J connectivity index is 1.50. The van der Waals surface area contributed by atoms with Gasteiger partial charge in [-0.05, 0) is 24.0 Å². The molecule has 1 aromatic carbocycles. The molecule has 0 radical (unpaired) electrons. The second kappa shape index (κ2) is 7.40. The van der Waals surface area contributed by atoms with Crippen molar-refractivity contribution in [2.45, 2.75) is 25.9 Å². The molecule has 140 valence electrons. The van der Waals surface area contributed by atoms with Crippen molar-refractivity contribution in [1.82, 2.24) is 14.9 Å². The minimum atomic E-state index is -0.956. The average Bonchev–Trinajstić information content (AvgIpc) is 3.14. The standard InChI is InChI=1S/C21H24N4O2/c1-14-12-25(13-15-5-3-2-4-6-15)10-8-18(14)24-19-16-7-9-22-20(16)23-11-17(19)21(26)27/h2-7,9,11,14,18H,8,10,12-13H2,1H3,(H,26,27)(H2,22,23,24)/t14-,18+/m1/s1. The van der Waals surface area contributed by atoms with Gasteiger partial charge in [-0.2, -0.15) is 0 Å². The number of pyridine rings is 1. The number of nitrogens with one attached hydrogen (secondary N) is 2. The third-order valence-electron chi connectivity index (χ3n) is 5.39. The van der Waals surface area contributed by atoms with E-state index in [0.29, 0.717) is 17.3 Å². The molecule has 3 N–H and O–H groups in total. The van der Waals surface area contributed by atoms with E-state index in [9.17, 15) is 9.90 Å². The number of piperidine rings is 1. The Bertz CT molecular complexity index is 938. The third kappa shape index (κ3) is 3.66. The van der Waals surface area contributed by atoms with Crippen molar-refractivity contribution in [2.75, 3.05) is 18.4 Å². The van der Waals surface area contributed by atoms with Crippen molar-refractivity contribution in [1.29, 1.82) is 0 Å². The predicted molar refractivity (Wildman–Crippen MR) is 106 cm³/mol. The number of aromatic amines is 1. The van der Waals surface area contributed by atoms with Gasteiger partial charge in [-0.1, -0.05) is 37.3 Å². The largest absolute Gasteiger partial charge is 0.478 e. The number of carboxylic acids is 1. The summed E-state index contributed by atoms with van der Waals surface area (Å²) in [6.07, 6.45) is 4.19. The van der Waals surface area contributed by atoms with Gasteiger partial charge in [0.25, 0.3) is 0 Å². The van der Waals surface area contributed by atoms with Crippen molar-refractivity contribution in [3.05, 3.63) is 59.9 Å². The van der Waals surface area contributed by atoms with Gasteiger partial charge in [0.2, 0.25) is 0 Å². The van der Waals surface area contributed by atoms with E-state index in [1.165, 1.54) is 11.8 Å². The minimum absolute atomic E-state index is 0.223. The van der Waals surface area contributed by atoms with Gasteiger partial charge in [0.1, 0.15) is 11.2 Å². The summed E-state index contributed by atoms with van der Waals surface area (Å²) >= 11 is 0. The van der Waals surface area contributed by atoms with Crippen LogP contribution in [0.4, 0.5) is 5.69 Å². The number of nitrogens with zero attached hydrogens (tertiary/aromatic N) is 2. The fourth-order valence-electron chi connectivity index (χ4n) is 3.94. The number of carbonyl (C=O) groups is 1. The van der Waals surface area contributed by atoms with Crippen LogP contribution in [0.3, 0.4) is 0 Å². The van der Waals surface area contributed by atoms with Gasteiger partial charge in [0, 0.05) is 43.5 Å². The smallest absolute Gasteiger partial charge is 0.339 e. The van der Waals surface area contributed by atoms with Gasteiger partial charge in [0.15, 0.2) is 0 Å². The van der Waals surface area contributed by atoms with E-state index in [-0.39, 0.29) is 11.6 Å². The lowest BCUT2D eigenvalue weighted by molar-refractivity contribution is 0.0697. The summed E-state index contributed by atoms with van der Waals surface area (Å²) in [6, 6.07) is 12.6. The van der Waals surface area contributed by atoms with Crippen LogP contribution in [0.2, 0.25) is 0 Å². The Morgan fingerprint density at radius 3 is 2.89 bits per heavy atom. The third-order valence-corrected chi connectivity index (χ3v) is 5.39. The van der Waals surface area contributed by atoms with E-state index in [2.05, 4.69) is 51.4 Å². The number of rotatable bonds is 5. The molecule has 1 saturated heterocycles. The lowest BCUT2D eigenvalue weighted by atomic mass is 9.92. The van der Waals surface area contributed by atoms with Gasteiger partial charge in [-0.3, -0.25) is 4.90 Å². The number of benzene rings is 1. The molecule has 6 nitrogen and oxygen atoms in total. The summed E-state index contributed by atoms with van der Waals surface area (Å²) in [4.78, 5) is 21.4. The fourth-order valence-corrected chi connectivity index (χ4v) is 3.94. The molecule has 1 aliphatic heterocycles. The molecular weight excluding hydrogens is 340 g/mol. The van der Waals surface area contributed by atoms with Crippen molar-refractivity contribution in [2.24, 2.45) is 5.92 Å². The van der Waals surface area contributed by atoms with Crippen molar-refractivity contribution < 1.29 is 9.90 Å². The van der Waals surface area contributed by atoms with Gasteiger partial charge < -0.3 is 15.4 Å². The van der Waals surface area contributed by atoms with Crippen LogP contribution in [0, 0.1) is 5.92 Å². The first-order chi connectivity index (χ1) is 13.1. The summed E-state index contributed by atoms with van der Waals surface area (Å²) in [5.74, 6) is -0.548. The highest BCUT2D eigenvalue weighted by Crippen LogP contribution is 2.29. The SMILES string of the molecule is C[C@@H]1CN(Cc2ccccc2)CC[C@@H]1Nc1c(C(=O)O)cnc2[nH]ccc12. The molecule has 0 aliphatic carbocycles. The fraction of sp³-hybridized carbons (Fsp3) is 0.333. The summed E-state index contributed by atoms with van der Waals surface area (Å²) in [7, 11) is 0. The van der Waals surface area contributed by atoms with Crippen LogP contribution >= 0.6 is 0 Å². The van der Waals surface area contributed by atoms with Crippen LogP contribution in [0.1, 0.15) is 29.3 Å². The lowest BCUT2D eigenvalue weighted by Crippen LogP contribution is -2.45. The molecule has 4 rings (SSSR count). The number of aromatic carboxylic acids is 1. The van der Waals surface area contributed by atoms with Gasteiger partial charge in [0.05, 0.1) is 5.69 Å². The quantitative estimate of drug-likeness (QED) is 0.645. The number of fused-ring (bicyclic) bond motifs is 1. The van der Waals surface area contributed by atoms with E-state index in [1.807, 2.05) is 12.1 Å². The molecule has 6 heteroatoms. The summed E-state index contributed by atoms with van der Waals surface area (Å²) in [6.45, 7) is 5.15. The zero-order chi connectivity index (χ0) is 18.8. The summed E-state index contributed by atoms with van der Waals surface area (Å²) < 4.78 is 0. The number of carboxylic acid groups (broad SMARTS) is 1. The summed E-state index contributed by atoms with van der Waals surface area (Å²) in [5, 5.41) is 13.9. The first kappa shape index (κ1) is 17.5. The zero-order valence-corrected chi connectivity index (χ0v) is 15.4. The highest BCUT2D eigenvalue weighted by atomic mass is 16.4. The monoisotopic (exact) mass is 364 g/mol. The van der Waals surface area contributed by atoms with Crippen LogP contribution in [0.15, 0.2) is 48.8 Å². The predicted octanol–water partition coefficient (Wildman–Crippen LogP) is 3.58. The number of likely N-dealkylation sites (tertiary alicyclic amines) is 1. The van der Waals surface area contributed by atoms with Crippen LogP contribution in [0.25, 0.3) is 11.0 Å². The van der Waals surface area contributed by atoms with Gasteiger partial charge in [-0.15, -0.1) is 0 Å². The minimum Gasteiger partial charge on any atom is -0.478 e. The second-order valence-electron chi connectivity index (χ2n) is 7.33. The summed E-state index contributed by atoms with van der Waals surface area (Å²) in [5.41, 5.74) is 2.92. The molecule has 0 saturated carbocycles. The molecule has 1 aliphatic rings. The van der Waals surface area contributed by atoms with Gasteiger partial charge in [-0.25, -0.2) is 9.78 Å². The highest BCUT2D eigenvalue weighted by molar-refractivity contribution is 6.03. The number of aromatic nitrogens is 2. The number of hydrogen-bond acceptors (Lipinski definition) is 4. The maximum atomic E-state index is 11.7. The average molecular weight is 364 g/mol. The molecule has 0 unspecified atom stereocenters. The molecule has 1 fully saturated rings. The zero-order valence-electron chi connectivity index (χ0n) is 15.4. The number of hydrogen-bond donors (Lipinski definition) is 3. The molecular formula is C21H24N4O2. The Morgan fingerprint density at radius 2 is 2.15 bits per heavy atom. The molecule has 2 aromatic heterocycles. The van der Waals surface area contributed by atoms with E-state index >= 15 is 0 Å². The first-order valence-electron chi connectivity index (χ1n) is 9.34. The van der Waals surface area contributed by atoms with E-state index < -0.39 is 5.97 Å². The van der Waals surface area contributed by atoms with Crippen molar-refractivity contribution in [3.63, 3.8) is 0 Å². The highest BCUT2D eigenvalue weighted by Gasteiger charge is 2.28. The van der Waals surface area contributed by atoms with E-state index in [4.69, 9.17) is 0 Å². The van der Waals surface area contributed by atoms with E-state index in [1.54, 1.807) is 6.20 Å². The molecule has 3 heterocycles. The van der Waals surface area contributed by atoms with E-state index in [0.717, 1.165) is 31.4 Å².